The minimum Gasteiger partial charge on any atom is -1.00 e. The van der Waals surface area contributed by atoms with Gasteiger partial charge in [-0.2, -0.15) is 5.43 Å². The summed E-state index contributed by atoms with van der Waals surface area (Å²) in [6.45, 7) is 2.09. The van der Waals surface area contributed by atoms with Crippen LogP contribution in [0.1, 0.15) is 18.5 Å². The fourth-order valence-corrected chi connectivity index (χ4v) is 0.860. The molecule has 0 radical (unpaired) electrons. The molecule has 2 nitrogen and oxygen atoms in total. The largest absolute Gasteiger partial charge is 1.00 e. The molecule has 62 valence electrons. The molecule has 0 saturated heterocycles. The van der Waals surface area contributed by atoms with E-state index in [9.17, 15) is 0 Å². The third kappa shape index (κ3) is 2.89. The van der Waals surface area contributed by atoms with Gasteiger partial charge < -0.3 is 12.4 Å². The SMILES string of the molecule is CC(N[NH3+])c1ccccc1.[Cl-]. The second-order valence-electron chi connectivity index (χ2n) is 2.34. The maximum absolute atomic E-state index is 3.61. The van der Waals surface area contributed by atoms with Crippen LogP contribution in [0.4, 0.5) is 0 Å². The summed E-state index contributed by atoms with van der Waals surface area (Å²) >= 11 is 0. The molecular weight excluding hydrogens is 160 g/mol. The van der Waals surface area contributed by atoms with E-state index in [0.717, 1.165) is 0 Å². The second-order valence-corrected chi connectivity index (χ2v) is 2.34. The van der Waals surface area contributed by atoms with Crippen LogP contribution in [-0.4, -0.2) is 0 Å². The molecule has 1 aromatic carbocycles. The first kappa shape index (κ1) is 10.4. The summed E-state index contributed by atoms with van der Waals surface area (Å²) < 4.78 is 0. The molecule has 0 aromatic heterocycles. The van der Waals surface area contributed by atoms with Crippen molar-refractivity contribution in [2.24, 2.45) is 0 Å². The molecule has 3 heteroatoms. The molecule has 0 amide bonds. The number of hydrogen-bond acceptors (Lipinski definition) is 1. The fraction of sp³-hybridized carbons (Fsp3) is 0.250. The van der Waals surface area contributed by atoms with Gasteiger partial charge >= 0.3 is 0 Å². The molecule has 0 fully saturated rings. The Kier molecular flexibility index (Phi) is 4.86. The van der Waals surface area contributed by atoms with Crippen molar-refractivity contribution in [3.8, 4) is 0 Å². The van der Waals surface area contributed by atoms with Crippen molar-refractivity contribution in [2.45, 2.75) is 13.0 Å². The zero-order valence-electron chi connectivity index (χ0n) is 6.55. The molecule has 1 atom stereocenters. The summed E-state index contributed by atoms with van der Waals surface area (Å²) in [6, 6.07) is 10.6. The van der Waals surface area contributed by atoms with Crippen LogP contribution in [0.3, 0.4) is 0 Å². The molecule has 0 saturated carbocycles. The number of benzene rings is 1. The third-order valence-corrected chi connectivity index (χ3v) is 1.61. The average molecular weight is 173 g/mol. The van der Waals surface area contributed by atoms with Crippen LogP contribution in [0.2, 0.25) is 0 Å². The summed E-state index contributed by atoms with van der Waals surface area (Å²) in [6.07, 6.45) is 0. The molecular formula is C8H13ClN2. The predicted octanol–water partition coefficient (Wildman–Crippen LogP) is -2.50. The Balaban J connectivity index is 0.000001000. The summed E-state index contributed by atoms with van der Waals surface area (Å²) in [5.74, 6) is 3.61. The maximum Gasteiger partial charge on any atom is 0.0775 e. The standard InChI is InChI=1S/C8H12N2.ClH/c1-7(10-9)8-5-3-2-4-6-8;/h2-7,10H,9H2,1H3;1H. The minimum absolute atomic E-state index is 0. The highest BCUT2D eigenvalue weighted by Crippen LogP contribution is 2.08. The van der Waals surface area contributed by atoms with E-state index in [4.69, 9.17) is 0 Å². The number of halogens is 1. The van der Waals surface area contributed by atoms with E-state index in [2.05, 4.69) is 30.3 Å². The van der Waals surface area contributed by atoms with Crippen molar-refractivity contribution in [1.82, 2.24) is 5.43 Å². The van der Waals surface area contributed by atoms with Gasteiger partial charge in [0.05, 0.1) is 6.04 Å². The van der Waals surface area contributed by atoms with Gasteiger partial charge in [0.15, 0.2) is 0 Å². The van der Waals surface area contributed by atoms with Crippen LogP contribution in [0.5, 0.6) is 0 Å². The monoisotopic (exact) mass is 172 g/mol. The molecule has 1 rings (SSSR count). The average Bonchev–Trinajstić information content (AvgIpc) is 2.05. The van der Waals surface area contributed by atoms with Crippen LogP contribution in [0.25, 0.3) is 0 Å². The van der Waals surface area contributed by atoms with Gasteiger partial charge in [-0.15, -0.1) is 0 Å². The number of quaternary nitrogens is 1. The summed E-state index contributed by atoms with van der Waals surface area (Å²) in [5, 5.41) is 0. The Bertz CT molecular complexity index is 189. The van der Waals surface area contributed by atoms with Gasteiger partial charge in [0.25, 0.3) is 0 Å². The van der Waals surface area contributed by atoms with E-state index in [1.807, 2.05) is 18.2 Å². The molecule has 1 unspecified atom stereocenters. The molecule has 0 spiro atoms. The van der Waals surface area contributed by atoms with Crippen molar-refractivity contribution in [1.29, 1.82) is 0 Å². The highest BCUT2D eigenvalue weighted by atomic mass is 35.5. The first-order valence-electron chi connectivity index (χ1n) is 3.42. The third-order valence-electron chi connectivity index (χ3n) is 1.61. The van der Waals surface area contributed by atoms with E-state index in [1.54, 1.807) is 0 Å². The lowest BCUT2D eigenvalue weighted by molar-refractivity contribution is -0.452. The van der Waals surface area contributed by atoms with Crippen molar-refractivity contribution in [2.75, 3.05) is 0 Å². The smallest absolute Gasteiger partial charge is 0.0775 e. The maximum atomic E-state index is 3.61. The highest BCUT2D eigenvalue weighted by Gasteiger charge is 2.00. The molecule has 4 N–H and O–H groups in total. The summed E-state index contributed by atoms with van der Waals surface area (Å²) in [4.78, 5) is 0. The van der Waals surface area contributed by atoms with E-state index < -0.39 is 0 Å². The Hall–Kier alpha value is -0.570. The van der Waals surface area contributed by atoms with E-state index in [1.165, 1.54) is 5.56 Å². The zero-order valence-corrected chi connectivity index (χ0v) is 7.31. The topological polar surface area (TPSA) is 39.7 Å². The predicted molar refractivity (Wildman–Crippen MR) is 40.9 cm³/mol. The van der Waals surface area contributed by atoms with E-state index in [-0.39, 0.29) is 12.4 Å². The fourth-order valence-electron chi connectivity index (χ4n) is 0.860. The van der Waals surface area contributed by atoms with E-state index in [0.29, 0.717) is 6.04 Å². The Morgan fingerprint density at radius 2 is 1.82 bits per heavy atom. The molecule has 1 aromatic rings. The van der Waals surface area contributed by atoms with Crippen LogP contribution < -0.4 is 23.7 Å². The van der Waals surface area contributed by atoms with Gasteiger partial charge in [0.2, 0.25) is 0 Å². The molecule has 0 aliphatic carbocycles. The summed E-state index contributed by atoms with van der Waals surface area (Å²) in [7, 11) is 0. The number of rotatable bonds is 2. The van der Waals surface area contributed by atoms with Crippen LogP contribution >= 0.6 is 0 Å². The number of nitrogens with one attached hydrogen (secondary N) is 1. The normalized spacial score (nSPS) is 11.8. The van der Waals surface area contributed by atoms with Gasteiger partial charge in [-0.1, -0.05) is 30.3 Å². The lowest BCUT2D eigenvalue weighted by Gasteiger charge is -2.05. The first-order chi connectivity index (χ1) is 4.84. The van der Waals surface area contributed by atoms with Gasteiger partial charge in [0, 0.05) is 0 Å². The van der Waals surface area contributed by atoms with Crippen molar-refractivity contribution in [3.63, 3.8) is 0 Å². The van der Waals surface area contributed by atoms with Crippen LogP contribution in [0.15, 0.2) is 30.3 Å². The number of hydrogen-bond donors (Lipinski definition) is 2. The zero-order chi connectivity index (χ0) is 7.40. The van der Waals surface area contributed by atoms with E-state index >= 15 is 0 Å². The molecule has 0 bridgehead atoms. The molecule has 0 aliphatic rings. The lowest BCUT2D eigenvalue weighted by Crippen LogP contribution is -3.00. The minimum atomic E-state index is 0. The Morgan fingerprint density at radius 3 is 2.27 bits per heavy atom. The molecule has 0 aliphatic heterocycles. The van der Waals surface area contributed by atoms with Gasteiger partial charge in [-0.05, 0) is 12.5 Å². The van der Waals surface area contributed by atoms with Gasteiger partial charge in [-0.25, -0.2) is 0 Å². The van der Waals surface area contributed by atoms with Crippen molar-refractivity contribution < 1.29 is 18.2 Å². The lowest BCUT2D eigenvalue weighted by atomic mass is 10.1. The first-order valence-corrected chi connectivity index (χ1v) is 3.42. The summed E-state index contributed by atoms with van der Waals surface area (Å²) in [5.41, 5.74) is 4.21. The second kappa shape index (κ2) is 5.13. The Labute approximate surface area is 73.2 Å². The molecule has 0 heterocycles. The Morgan fingerprint density at radius 1 is 1.27 bits per heavy atom. The van der Waals surface area contributed by atoms with Crippen molar-refractivity contribution in [3.05, 3.63) is 35.9 Å². The highest BCUT2D eigenvalue weighted by molar-refractivity contribution is 5.17. The van der Waals surface area contributed by atoms with Crippen molar-refractivity contribution >= 4 is 0 Å². The molecule has 11 heavy (non-hydrogen) atoms. The van der Waals surface area contributed by atoms with Gasteiger partial charge in [-0.3, -0.25) is 5.84 Å². The van der Waals surface area contributed by atoms with Crippen LogP contribution in [-0.2, 0) is 0 Å². The van der Waals surface area contributed by atoms with Gasteiger partial charge in [0.1, 0.15) is 0 Å². The van der Waals surface area contributed by atoms with Crippen LogP contribution in [0, 0.1) is 0 Å². The quantitative estimate of drug-likeness (QED) is 0.476.